The quantitative estimate of drug-likeness (QED) is 0.448. The van der Waals surface area contributed by atoms with Crippen LogP contribution in [-0.2, 0) is 0 Å². The number of hydrogen-bond donors (Lipinski definition) is 0. The van der Waals surface area contributed by atoms with Gasteiger partial charge in [0.15, 0.2) is 0 Å². The van der Waals surface area contributed by atoms with Gasteiger partial charge in [-0.1, -0.05) is 46.6 Å². The number of hydrogen-bond acceptors (Lipinski definition) is 2. The van der Waals surface area contributed by atoms with Crippen LogP contribution in [0.4, 0.5) is 0 Å². The molecule has 0 aromatic rings. The molecule has 158 valence electrons. The van der Waals surface area contributed by atoms with Gasteiger partial charge < -0.3 is 4.90 Å². The molecule has 2 fully saturated rings. The summed E-state index contributed by atoms with van der Waals surface area (Å²) in [6.07, 6.45) is 13.6. The molecule has 0 aliphatic carbocycles. The number of unbranched alkanes of at least 4 members (excludes halogenated alkanes) is 3. The SMILES string of the molecule is C=C(CCCCCCC(C)(C)C)N1CCC2(CC1)CCN(C(C)(C)C)CC2. The van der Waals surface area contributed by atoms with E-state index in [2.05, 4.69) is 57.9 Å². The van der Waals surface area contributed by atoms with E-state index in [4.69, 9.17) is 0 Å². The van der Waals surface area contributed by atoms with Gasteiger partial charge in [-0.3, -0.25) is 4.90 Å². The van der Waals surface area contributed by atoms with Crippen molar-refractivity contribution in [2.24, 2.45) is 10.8 Å². The van der Waals surface area contributed by atoms with E-state index in [1.54, 1.807) is 0 Å². The van der Waals surface area contributed by atoms with Gasteiger partial charge in [-0.15, -0.1) is 0 Å². The maximum atomic E-state index is 4.43. The number of rotatable bonds is 7. The smallest absolute Gasteiger partial charge is 0.0180 e. The van der Waals surface area contributed by atoms with Crippen LogP contribution in [-0.4, -0.2) is 41.5 Å². The van der Waals surface area contributed by atoms with Crippen molar-refractivity contribution in [3.8, 4) is 0 Å². The van der Waals surface area contributed by atoms with Crippen molar-refractivity contribution >= 4 is 0 Å². The Bertz CT molecular complexity index is 448. The number of piperidine rings is 2. The molecule has 0 aromatic heterocycles. The van der Waals surface area contributed by atoms with Crippen molar-refractivity contribution in [1.29, 1.82) is 0 Å². The summed E-state index contributed by atoms with van der Waals surface area (Å²) in [5, 5.41) is 0. The Balaban J connectivity index is 1.62. The Kier molecular flexibility index (Phi) is 7.88. The maximum Gasteiger partial charge on any atom is 0.0180 e. The van der Waals surface area contributed by atoms with Gasteiger partial charge in [0, 0.05) is 24.3 Å². The van der Waals surface area contributed by atoms with Crippen LogP contribution >= 0.6 is 0 Å². The standard InChI is InChI=1S/C25H48N2/c1-22(12-10-8-9-11-13-23(2,3)4)26-18-14-25(15-19-26)16-20-27(21-17-25)24(5,6)7/h1,8-21H2,2-7H3. The second kappa shape index (κ2) is 9.33. The predicted octanol–water partition coefficient (Wildman–Crippen LogP) is 6.86. The van der Waals surface area contributed by atoms with Crippen molar-refractivity contribution in [3.05, 3.63) is 12.3 Å². The lowest BCUT2D eigenvalue weighted by Crippen LogP contribution is -2.51. The van der Waals surface area contributed by atoms with Crippen LogP contribution in [0.15, 0.2) is 12.3 Å². The normalized spacial score (nSPS) is 21.6. The highest BCUT2D eigenvalue weighted by Gasteiger charge is 2.39. The summed E-state index contributed by atoms with van der Waals surface area (Å²) in [7, 11) is 0. The zero-order valence-electron chi connectivity index (χ0n) is 19.5. The average molecular weight is 377 g/mol. The van der Waals surface area contributed by atoms with Crippen molar-refractivity contribution in [2.75, 3.05) is 26.2 Å². The molecule has 2 aliphatic rings. The fourth-order valence-corrected chi connectivity index (χ4v) is 4.95. The molecule has 0 unspecified atom stereocenters. The molecular formula is C25H48N2. The van der Waals surface area contributed by atoms with E-state index >= 15 is 0 Å². The van der Waals surface area contributed by atoms with Gasteiger partial charge in [0.2, 0.25) is 0 Å². The van der Waals surface area contributed by atoms with Gasteiger partial charge in [0.25, 0.3) is 0 Å². The minimum Gasteiger partial charge on any atom is -0.375 e. The second-order valence-corrected chi connectivity index (χ2v) is 11.7. The highest BCUT2D eigenvalue weighted by atomic mass is 15.2. The highest BCUT2D eigenvalue weighted by Crippen LogP contribution is 2.43. The van der Waals surface area contributed by atoms with Crippen LogP contribution in [0.5, 0.6) is 0 Å². The summed E-state index contributed by atoms with van der Waals surface area (Å²) in [6, 6.07) is 0. The molecular weight excluding hydrogens is 328 g/mol. The van der Waals surface area contributed by atoms with E-state index in [1.165, 1.54) is 96.1 Å². The zero-order valence-corrected chi connectivity index (χ0v) is 19.5. The Morgan fingerprint density at radius 3 is 1.81 bits per heavy atom. The lowest BCUT2D eigenvalue weighted by Gasteiger charge is -2.50. The van der Waals surface area contributed by atoms with E-state index in [-0.39, 0.29) is 0 Å². The first-order valence-corrected chi connectivity index (χ1v) is 11.7. The first-order chi connectivity index (χ1) is 12.5. The maximum absolute atomic E-state index is 4.43. The van der Waals surface area contributed by atoms with Gasteiger partial charge in [0.05, 0.1) is 0 Å². The fourth-order valence-electron chi connectivity index (χ4n) is 4.95. The lowest BCUT2D eigenvalue weighted by molar-refractivity contribution is 0.00895. The van der Waals surface area contributed by atoms with Crippen molar-refractivity contribution in [1.82, 2.24) is 9.80 Å². The zero-order chi connectivity index (χ0) is 20.1. The molecule has 2 heteroatoms. The van der Waals surface area contributed by atoms with Crippen LogP contribution < -0.4 is 0 Å². The van der Waals surface area contributed by atoms with Crippen LogP contribution in [0.1, 0.15) is 106 Å². The Labute approximate surface area is 170 Å². The topological polar surface area (TPSA) is 6.48 Å². The number of nitrogens with zero attached hydrogens (tertiary/aromatic N) is 2. The molecule has 2 heterocycles. The van der Waals surface area contributed by atoms with Crippen LogP contribution in [0.3, 0.4) is 0 Å². The van der Waals surface area contributed by atoms with E-state index in [9.17, 15) is 0 Å². The van der Waals surface area contributed by atoms with E-state index in [1.807, 2.05) is 0 Å². The Morgan fingerprint density at radius 2 is 1.30 bits per heavy atom. The molecule has 0 aromatic carbocycles. The summed E-state index contributed by atoms with van der Waals surface area (Å²) in [6.45, 7) is 23.7. The third-order valence-corrected chi connectivity index (χ3v) is 7.19. The molecule has 0 amide bonds. The van der Waals surface area contributed by atoms with E-state index in [0.29, 0.717) is 16.4 Å². The van der Waals surface area contributed by atoms with Gasteiger partial charge in [-0.05, 0) is 89.6 Å². The van der Waals surface area contributed by atoms with E-state index in [0.717, 1.165) is 0 Å². The molecule has 0 bridgehead atoms. The monoisotopic (exact) mass is 376 g/mol. The minimum atomic E-state index is 0.337. The second-order valence-electron chi connectivity index (χ2n) is 11.7. The Hall–Kier alpha value is -0.500. The largest absolute Gasteiger partial charge is 0.375 e. The van der Waals surface area contributed by atoms with E-state index < -0.39 is 0 Å². The van der Waals surface area contributed by atoms with Crippen LogP contribution in [0.2, 0.25) is 0 Å². The van der Waals surface area contributed by atoms with Crippen molar-refractivity contribution < 1.29 is 0 Å². The van der Waals surface area contributed by atoms with Crippen molar-refractivity contribution in [2.45, 2.75) is 111 Å². The van der Waals surface area contributed by atoms with Crippen molar-refractivity contribution in [3.63, 3.8) is 0 Å². The Morgan fingerprint density at radius 1 is 0.778 bits per heavy atom. The predicted molar refractivity (Wildman–Crippen MR) is 120 cm³/mol. The van der Waals surface area contributed by atoms with Crippen LogP contribution in [0, 0.1) is 10.8 Å². The van der Waals surface area contributed by atoms with Crippen LogP contribution in [0.25, 0.3) is 0 Å². The number of allylic oxidation sites excluding steroid dienone is 1. The third kappa shape index (κ3) is 7.44. The highest BCUT2D eigenvalue weighted by molar-refractivity contribution is 5.00. The summed E-state index contributed by atoms with van der Waals surface area (Å²) < 4.78 is 0. The molecule has 2 aliphatic heterocycles. The van der Waals surface area contributed by atoms with Gasteiger partial charge >= 0.3 is 0 Å². The molecule has 2 saturated heterocycles. The minimum absolute atomic E-state index is 0.337. The summed E-state index contributed by atoms with van der Waals surface area (Å²) >= 11 is 0. The molecule has 1 spiro atoms. The lowest BCUT2D eigenvalue weighted by atomic mass is 9.70. The first-order valence-electron chi connectivity index (χ1n) is 11.7. The summed E-state index contributed by atoms with van der Waals surface area (Å²) in [4.78, 5) is 5.29. The summed E-state index contributed by atoms with van der Waals surface area (Å²) in [5.41, 5.74) is 2.87. The number of likely N-dealkylation sites (tertiary alicyclic amines) is 2. The average Bonchev–Trinajstić information content (AvgIpc) is 2.57. The molecule has 2 nitrogen and oxygen atoms in total. The molecule has 27 heavy (non-hydrogen) atoms. The van der Waals surface area contributed by atoms with Gasteiger partial charge in [-0.25, -0.2) is 0 Å². The third-order valence-electron chi connectivity index (χ3n) is 7.19. The van der Waals surface area contributed by atoms with Gasteiger partial charge in [-0.2, -0.15) is 0 Å². The molecule has 0 saturated carbocycles. The van der Waals surface area contributed by atoms with Gasteiger partial charge in [0.1, 0.15) is 0 Å². The molecule has 0 atom stereocenters. The fraction of sp³-hybridized carbons (Fsp3) is 0.920. The molecule has 2 rings (SSSR count). The summed E-state index contributed by atoms with van der Waals surface area (Å²) in [5.74, 6) is 0. The first kappa shape index (κ1) is 22.8. The molecule has 0 N–H and O–H groups in total. The molecule has 0 radical (unpaired) electrons.